The highest BCUT2D eigenvalue weighted by Gasteiger charge is 2.58. The molecule has 1 aromatic carbocycles. The second-order valence-electron chi connectivity index (χ2n) is 5.89. The number of nitrogens with zero attached hydrogens (tertiary/aromatic N) is 1. The Morgan fingerprint density at radius 1 is 1.33 bits per heavy atom. The van der Waals surface area contributed by atoms with Gasteiger partial charge in [0.1, 0.15) is 5.82 Å². The van der Waals surface area contributed by atoms with Gasteiger partial charge in [0.2, 0.25) is 5.91 Å². The maximum absolute atomic E-state index is 13.1. The minimum absolute atomic E-state index is 0.0522. The van der Waals surface area contributed by atoms with Gasteiger partial charge in [-0.2, -0.15) is 0 Å². The number of piperidine rings is 1. The molecule has 2 fully saturated rings. The van der Waals surface area contributed by atoms with Crippen molar-refractivity contribution in [1.29, 1.82) is 0 Å². The third-order valence-electron chi connectivity index (χ3n) is 4.63. The number of benzene rings is 1. The highest BCUT2D eigenvalue weighted by atomic mass is 19.1. The monoisotopic (exact) mass is 292 g/mol. The summed E-state index contributed by atoms with van der Waals surface area (Å²) in [6, 6.07) is 5.83. The Hall–Kier alpha value is -2.11. The molecule has 1 aromatic rings. The third-order valence-corrected chi connectivity index (χ3v) is 4.63. The summed E-state index contributed by atoms with van der Waals surface area (Å²) in [7, 11) is 0. The first-order valence-electron chi connectivity index (χ1n) is 7.04. The van der Waals surface area contributed by atoms with Crippen molar-refractivity contribution in [2.45, 2.75) is 19.3 Å². The first-order chi connectivity index (χ1) is 10.00. The smallest absolute Gasteiger partial charge is 0.407 e. The summed E-state index contributed by atoms with van der Waals surface area (Å²) >= 11 is 0. The molecule has 21 heavy (non-hydrogen) atoms. The van der Waals surface area contributed by atoms with Crippen molar-refractivity contribution < 1.29 is 19.1 Å². The van der Waals surface area contributed by atoms with Crippen molar-refractivity contribution in [3.63, 3.8) is 0 Å². The average Bonchev–Trinajstić information content (AvgIpc) is 3.13. The van der Waals surface area contributed by atoms with Crippen LogP contribution in [0.1, 0.15) is 19.3 Å². The Balaban J connectivity index is 1.58. The molecule has 1 spiro atoms. The lowest BCUT2D eigenvalue weighted by Gasteiger charge is -2.30. The van der Waals surface area contributed by atoms with E-state index in [9.17, 15) is 14.0 Å². The van der Waals surface area contributed by atoms with Gasteiger partial charge in [-0.3, -0.25) is 4.79 Å². The van der Waals surface area contributed by atoms with E-state index in [4.69, 9.17) is 5.11 Å². The molecule has 2 amide bonds. The summed E-state index contributed by atoms with van der Waals surface area (Å²) in [5.74, 6) is -0.561. The first kappa shape index (κ1) is 13.9. The van der Waals surface area contributed by atoms with E-state index in [0.29, 0.717) is 18.8 Å². The summed E-state index contributed by atoms with van der Waals surface area (Å²) < 4.78 is 13.1. The quantitative estimate of drug-likeness (QED) is 0.880. The Labute approximate surface area is 121 Å². The summed E-state index contributed by atoms with van der Waals surface area (Å²) in [4.78, 5) is 24.5. The lowest BCUT2D eigenvalue weighted by atomic mass is 9.91. The summed E-state index contributed by atoms with van der Waals surface area (Å²) in [5, 5.41) is 11.7. The highest BCUT2D eigenvalue weighted by molar-refractivity contribution is 5.95. The van der Waals surface area contributed by atoms with E-state index in [1.807, 2.05) is 0 Å². The summed E-state index contributed by atoms with van der Waals surface area (Å²) in [6.45, 7) is 0.970. The van der Waals surface area contributed by atoms with E-state index >= 15 is 0 Å². The molecule has 0 unspecified atom stereocenters. The second-order valence-corrected chi connectivity index (χ2v) is 5.89. The molecule has 1 atom stereocenters. The molecule has 0 bridgehead atoms. The van der Waals surface area contributed by atoms with Crippen molar-refractivity contribution in [2.24, 2.45) is 11.3 Å². The normalized spacial score (nSPS) is 22.9. The number of rotatable bonds is 2. The van der Waals surface area contributed by atoms with Crippen LogP contribution < -0.4 is 5.32 Å². The first-order valence-corrected chi connectivity index (χ1v) is 7.04. The van der Waals surface area contributed by atoms with E-state index in [0.717, 1.165) is 19.3 Å². The number of carboxylic acid groups (broad SMARTS) is 1. The van der Waals surface area contributed by atoms with Crippen LogP contribution in [-0.4, -0.2) is 35.1 Å². The molecule has 112 valence electrons. The molecule has 2 N–H and O–H groups in total. The molecular weight excluding hydrogens is 275 g/mol. The van der Waals surface area contributed by atoms with Gasteiger partial charge in [-0.05, 0) is 42.9 Å². The van der Waals surface area contributed by atoms with E-state index < -0.39 is 6.09 Å². The zero-order valence-electron chi connectivity index (χ0n) is 11.5. The largest absolute Gasteiger partial charge is 0.465 e. The standard InChI is InChI=1S/C15H17FN2O3/c16-10-2-1-3-11(8-10)17-13(19)12-9-15(12)4-6-18(7-5-15)14(20)21/h1-3,8,12H,4-7,9H2,(H,17,19)(H,20,21)/t12-/m1/s1. The van der Waals surface area contributed by atoms with Crippen LogP contribution in [0.25, 0.3) is 0 Å². The molecule has 1 saturated carbocycles. The maximum atomic E-state index is 13.1. The van der Waals surface area contributed by atoms with E-state index in [2.05, 4.69) is 5.32 Å². The van der Waals surface area contributed by atoms with Gasteiger partial charge >= 0.3 is 6.09 Å². The SMILES string of the molecule is O=C(Nc1cccc(F)c1)[C@H]1CC12CCN(C(=O)O)CC2. The second kappa shape index (κ2) is 5.02. The Kier molecular flexibility index (Phi) is 3.31. The van der Waals surface area contributed by atoms with Gasteiger partial charge in [0, 0.05) is 24.7 Å². The lowest BCUT2D eigenvalue weighted by molar-refractivity contribution is -0.118. The molecule has 1 heterocycles. The van der Waals surface area contributed by atoms with Crippen molar-refractivity contribution in [3.8, 4) is 0 Å². The van der Waals surface area contributed by atoms with Crippen LogP contribution in [0, 0.1) is 17.2 Å². The Bertz CT molecular complexity index is 582. The predicted octanol–water partition coefficient (Wildman–Crippen LogP) is 2.54. The zero-order chi connectivity index (χ0) is 15.0. The van der Waals surface area contributed by atoms with Gasteiger partial charge in [-0.1, -0.05) is 6.07 Å². The van der Waals surface area contributed by atoms with Crippen LogP contribution in [0.3, 0.4) is 0 Å². The summed E-state index contributed by atoms with van der Waals surface area (Å²) in [5.41, 5.74) is 0.411. The highest BCUT2D eigenvalue weighted by Crippen LogP contribution is 2.59. The van der Waals surface area contributed by atoms with Gasteiger partial charge in [-0.25, -0.2) is 9.18 Å². The van der Waals surface area contributed by atoms with Gasteiger partial charge in [-0.15, -0.1) is 0 Å². The van der Waals surface area contributed by atoms with Crippen LogP contribution in [-0.2, 0) is 4.79 Å². The fourth-order valence-corrected chi connectivity index (χ4v) is 3.21. The average molecular weight is 292 g/mol. The maximum Gasteiger partial charge on any atom is 0.407 e. The number of hydrogen-bond acceptors (Lipinski definition) is 2. The molecular formula is C15H17FN2O3. The number of likely N-dealkylation sites (tertiary alicyclic amines) is 1. The minimum Gasteiger partial charge on any atom is -0.465 e. The van der Waals surface area contributed by atoms with Crippen LogP contribution in [0.4, 0.5) is 14.9 Å². The molecule has 2 aliphatic rings. The third kappa shape index (κ3) is 2.70. The van der Waals surface area contributed by atoms with Gasteiger partial charge in [0.05, 0.1) is 0 Å². The zero-order valence-corrected chi connectivity index (χ0v) is 11.5. The fourth-order valence-electron chi connectivity index (χ4n) is 3.21. The van der Waals surface area contributed by atoms with Gasteiger partial charge < -0.3 is 15.3 Å². The molecule has 1 saturated heterocycles. The Morgan fingerprint density at radius 3 is 2.67 bits per heavy atom. The van der Waals surface area contributed by atoms with E-state index in [1.54, 1.807) is 12.1 Å². The number of amides is 2. The number of nitrogens with one attached hydrogen (secondary N) is 1. The number of hydrogen-bond donors (Lipinski definition) is 2. The van der Waals surface area contributed by atoms with Crippen LogP contribution in [0.5, 0.6) is 0 Å². The van der Waals surface area contributed by atoms with Crippen molar-refractivity contribution in [2.75, 3.05) is 18.4 Å². The number of carbonyl (C=O) groups is 2. The minimum atomic E-state index is -0.897. The molecule has 3 rings (SSSR count). The Morgan fingerprint density at radius 2 is 2.05 bits per heavy atom. The predicted molar refractivity (Wildman–Crippen MR) is 74.4 cm³/mol. The summed E-state index contributed by atoms with van der Waals surface area (Å²) in [6.07, 6.45) is 1.34. The van der Waals surface area contributed by atoms with Crippen molar-refractivity contribution >= 4 is 17.7 Å². The van der Waals surface area contributed by atoms with Crippen molar-refractivity contribution in [3.05, 3.63) is 30.1 Å². The van der Waals surface area contributed by atoms with E-state index in [-0.39, 0.29) is 23.1 Å². The van der Waals surface area contributed by atoms with E-state index in [1.165, 1.54) is 17.0 Å². The molecule has 5 nitrogen and oxygen atoms in total. The number of halogens is 1. The molecule has 0 aromatic heterocycles. The topological polar surface area (TPSA) is 69.6 Å². The molecule has 1 aliphatic heterocycles. The number of carbonyl (C=O) groups excluding carboxylic acids is 1. The van der Waals surface area contributed by atoms with Crippen molar-refractivity contribution in [1.82, 2.24) is 4.90 Å². The number of anilines is 1. The lowest BCUT2D eigenvalue weighted by Crippen LogP contribution is -2.39. The fraction of sp³-hybridized carbons (Fsp3) is 0.467. The van der Waals surface area contributed by atoms with Crippen LogP contribution in [0.15, 0.2) is 24.3 Å². The van der Waals surface area contributed by atoms with Gasteiger partial charge in [0.25, 0.3) is 0 Å². The molecule has 6 heteroatoms. The molecule has 1 aliphatic carbocycles. The van der Waals surface area contributed by atoms with Gasteiger partial charge in [0.15, 0.2) is 0 Å². The van der Waals surface area contributed by atoms with Crippen LogP contribution in [0.2, 0.25) is 0 Å². The molecule has 0 radical (unpaired) electrons. The van der Waals surface area contributed by atoms with Crippen LogP contribution >= 0.6 is 0 Å².